The number of ketones is 1. The molecule has 0 saturated carbocycles. The van der Waals surface area contributed by atoms with Gasteiger partial charge in [-0.05, 0) is 20.8 Å². The van der Waals surface area contributed by atoms with Crippen LogP contribution < -0.4 is 0 Å². The molecule has 1 heterocycles. The molecule has 0 aliphatic carbocycles. The summed E-state index contributed by atoms with van der Waals surface area (Å²) in [6, 6.07) is 0.219. The summed E-state index contributed by atoms with van der Waals surface area (Å²) in [7, 11) is 3.62. The molecule has 16 heavy (non-hydrogen) atoms. The third-order valence-corrected chi connectivity index (χ3v) is 2.53. The average molecular weight is 221 g/mol. The summed E-state index contributed by atoms with van der Waals surface area (Å²) in [4.78, 5) is 18.0. The van der Waals surface area contributed by atoms with Gasteiger partial charge in [-0.3, -0.25) is 4.79 Å². The highest BCUT2D eigenvalue weighted by molar-refractivity contribution is 6.06. The van der Waals surface area contributed by atoms with Crippen LogP contribution in [-0.2, 0) is 0 Å². The van der Waals surface area contributed by atoms with Crippen molar-refractivity contribution >= 4 is 5.78 Å². The zero-order valence-corrected chi connectivity index (χ0v) is 10.6. The van der Waals surface area contributed by atoms with Crippen LogP contribution in [0.15, 0.2) is 18.5 Å². The van der Waals surface area contributed by atoms with Crippen molar-refractivity contribution in [2.75, 3.05) is 14.1 Å². The van der Waals surface area contributed by atoms with Crippen molar-refractivity contribution in [2.45, 2.75) is 26.8 Å². The highest BCUT2D eigenvalue weighted by Gasteiger charge is 2.19. The second-order valence-corrected chi connectivity index (χ2v) is 4.32. The molecule has 0 amide bonds. The number of likely N-dealkylation sites (N-methyl/N-ethyl adjacent to an activating group) is 1. The maximum Gasteiger partial charge on any atom is 0.226 e. The third-order valence-electron chi connectivity index (χ3n) is 2.53. The van der Waals surface area contributed by atoms with E-state index in [1.807, 2.05) is 39.4 Å². The van der Waals surface area contributed by atoms with Gasteiger partial charge in [-0.15, -0.1) is 0 Å². The Morgan fingerprint density at radius 1 is 1.50 bits per heavy atom. The minimum Gasteiger partial charge on any atom is -0.375 e. The minimum absolute atomic E-state index is 0.0701. The number of nitrogens with zero attached hydrogens (tertiary/aromatic N) is 3. The Balaban J connectivity index is 3.15. The lowest BCUT2D eigenvalue weighted by molar-refractivity contribution is 0.0994. The van der Waals surface area contributed by atoms with Crippen molar-refractivity contribution in [3.05, 3.63) is 30.0 Å². The molecule has 0 spiro atoms. The topological polar surface area (TPSA) is 38.1 Å². The number of allylic oxidation sites excluding steroid dienone is 1. The summed E-state index contributed by atoms with van der Waals surface area (Å²) >= 11 is 0. The van der Waals surface area contributed by atoms with Gasteiger partial charge >= 0.3 is 0 Å². The Labute approximate surface area is 96.6 Å². The van der Waals surface area contributed by atoms with Crippen LogP contribution in [0.4, 0.5) is 0 Å². The van der Waals surface area contributed by atoms with Gasteiger partial charge in [-0.1, -0.05) is 6.58 Å². The Kier molecular flexibility index (Phi) is 3.52. The van der Waals surface area contributed by atoms with Crippen LogP contribution >= 0.6 is 0 Å². The predicted molar refractivity (Wildman–Crippen MR) is 64.5 cm³/mol. The van der Waals surface area contributed by atoms with E-state index in [4.69, 9.17) is 0 Å². The molecule has 0 aromatic carbocycles. The number of imidazole rings is 1. The standard InChI is InChI=1S/C12H19N3O/c1-8(2)15-10(4)13-7-11(15)12(16)9(3)14(5)6/h7-8H,3H2,1-2,4-6H3. The molecular formula is C12H19N3O. The number of carbonyl (C=O) groups excluding carboxylic acids is 1. The second kappa shape index (κ2) is 4.51. The normalized spacial score (nSPS) is 10.6. The van der Waals surface area contributed by atoms with E-state index in [1.54, 1.807) is 11.1 Å². The number of Topliss-reactive ketones (excluding diaryl/α,β-unsaturated/α-hetero) is 1. The van der Waals surface area contributed by atoms with Gasteiger partial charge in [0.25, 0.3) is 0 Å². The molecule has 0 fully saturated rings. The lowest BCUT2D eigenvalue weighted by atomic mass is 10.2. The number of rotatable bonds is 4. The number of hydrogen-bond donors (Lipinski definition) is 0. The fraction of sp³-hybridized carbons (Fsp3) is 0.500. The first-order valence-corrected chi connectivity index (χ1v) is 5.31. The highest BCUT2D eigenvalue weighted by Crippen LogP contribution is 2.16. The summed E-state index contributed by atoms with van der Waals surface area (Å²) in [6.45, 7) is 9.74. The first kappa shape index (κ1) is 12.5. The quantitative estimate of drug-likeness (QED) is 0.577. The molecule has 88 valence electrons. The average Bonchev–Trinajstić information content (AvgIpc) is 2.57. The van der Waals surface area contributed by atoms with Crippen molar-refractivity contribution < 1.29 is 4.79 Å². The molecule has 0 bridgehead atoms. The molecule has 0 radical (unpaired) electrons. The summed E-state index contributed by atoms with van der Waals surface area (Å²) in [5, 5.41) is 0. The third kappa shape index (κ3) is 2.15. The zero-order chi connectivity index (χ0) is 12.5. The van der Waals surface area contributed by atoms with E-state index in [2.05, 4.69) is 11.6 Å². The molecule has 1 rings (SSSR count). The zero-order valence-electron chi connectivity index (χ0n) is 10.6. The van der Waals surface area contributed by atoms with E-state index >= 15 is 0 Å². The van der Waals surface area contributed by atoms with Gasteiger partial charge in [-0.2, -0.15) is 0 Å². The molecular weight excluding hydrogens is 202 g/mol. The fourth-order valence-corrected chi connectivity index (χ4v) is 1.62. The Morgan fingerprint density at radius 2 is 2.06 bits per heavy atom. The van der Waals surface area contributed by atoms with Crippen molar-refractivity contribution in [3.63, 3.8) is 0 Å². The monoisotopic (exact) mass is 221 g/mol. The maximum atomic E-state index is 12.1. The smallest absolute Gasteiger partial charge is 0.226 e. The maximum absolute atomic E-state index is 12.1. The van der Waals surface area contributed by atoms with Gasteiger partial charge in [0.1, 0.15) is 11.5 Å². The number of aryl methyl sites for hydroxylation is 1. The summed E-state index contributed by atoms with van der Waals surface area (Å²) in [5.41, 5.74) is 1.08. The van der Waals surface area contributed by atoms with Gasteiger partial charge in [0.15, 0.2) is 0 Å². The lowest BCUT2D eigenvalue weighted by Crippen LogP contribution is -2.21. The van der Waals surface area contributed by atoms with Crippen LogP contribution in [0.25, 0.3) is 0 Å². The van der Waals surface area contributed by atoms with Crippen LogP contribution in [0.5, 0.6) is 0 Å². The minimum atomic E-state index is -0.0701. The molecule has 1 aromatic heterocycles. The molecule has 0 aliphatic rings. The summed E-state index contributed by atoms with van der Waals surface area (Å²) in [6.07, 6.45) is 1.62. The van der Waals surface area contributed by atoms with E-state index in [0.717, 1.165) is 5.82 Å². The van der Waals surface area contributed by atoms with Gasteiger partial charge in [0.2, 0.25) is 5.78 Å². The molecule has 0 unspecified atom stereocenters. The Bertz CT molecular complexity index is 416. The number of hydrogen-bond acceptors (Lipinski definition) is 3. The molecule has 1 aromatic rings. The number of aromatic nitrogens is 2. The number of carbonyl (C=O) groups is 1. The first-order chi connectivity index (χ1) is 7.36. The molecule has 4 heteroatoms. The molecule has 0 saturated heterocycles. The van der Waals surface area contributed by atoms with E-state index in [0.29, 0.717) is 11.4 Å². The van der Waals surface area contributed by atoms with Crippen LogP contribution in [0.1, 0.15) is 36.2 Å². The lowest BCUT2D eigenvalue weighted by Gasteiger charge is -2.17. The fourth-order valence-electron chi connectivity index (χ4n) is 1.62. The van der Waals surface area contributed by atoms with Crippen molar-refractivity contribution in [2.24, 2.45) is 0 Å². The Hall–Kier alpha value is -1.58. The van der Waals surface area contributed by atoms with Crippen molar-refractivity contribution in [1.29, 1.82) is 0 Å². The first-order valence-electron chi connectivity index (χ1n) is 5.31. The summed E-state index contributed by atoms with van der Waals surface area (Å²) in [5.74, 6) is 0.782. The van der Waals surface area contributed by atoms with Crippen LogP contribution in [0.3, 0.4) is 0 Å². The largest absolute Gasteiger partial charge is 0.375 e. The SMILES string of the molecule is C=C(C(=O)c1cnc(C)n1C(C)C)N(C)C. The summed E-state index contributed by atoms with van der Waals surface area (Å²) < 4.78 is 1.93. The Morgan fingerprint density at radius 3 is 2.50 bits per heavy atom. The van der Waals surface area contributed by atoms with E-state index < -0.39 is 0 Å². The van der Waals surface area contributed by atoms with Crippen LogP contribution in [0.2, 0.25) is 0 Å². The highest BCUT2D eigenvalue weighted by atomic mass is 16.1. The van der Waals surface area contributed by atoms with Gasteiger partial charge in [-0.25, -0.2) is 4.98 Å². The van der Waals surface area contributed by atoms with Crippen LogP contribution in [-0.4, -0.2) is 34.3 Å². The van der Waals surface area contributed by atoms with Crippen LogP contribution in [0, 0.1) is 6.92 Å². The molecule has 0 N–H and O–H groups in total. The van der Waals surface area contributed by atoms with Gasteiger partial charge in [0, 0.05) is 20.1 Å². The van der Waals surface area contributed by atoms with E-state index in [-0.39, 0.29) is 11.8 Å². The molecule has 4 nitrogen and oxygen atoms in total. The molecule has 0 atom stereocenters. The van der Waals surface area contributed by atoms with E-state index in [9.17, 15) is 4.79 Å². The van der Waals surface area contributed by atoms with E-state index in [1.165, 1.54) is 0 Å². The van der Waals surface area contributed by atoms with Crippen molar-refractivity contribution in [3.8, 4) is 0 Å². The second-order valence-electron chi connectivity index (χ2n) is 4.32. The van der Waals surface area contributed by atoms with Crippen molar-refractivity contribution in [1.82, 2.24) is 14.5 Å². The molecule has 0 aliphatic heterocycles. The van der Waals surface area contributed by atoms with Gasteiger partial charge < -0.3 is 9.47 Å². The predicted octanol–water partition coefficient (Wildman–Crippen LogP) is 2.03. The van der Waals surface area contributed by atoms with Gasteiger partial charge in [0.05, 0.1) is 11.9 Å².